The van der Waals surface area contributed by atoms with Gasteiger partial charge in [-0.3, -0.25) is 9.59 Å². The van der Waals surface area contributed by atoms with Crippen molar-refractivity contribution in [1.29, 1.82) is 0 Å². The quantitative estimate of drug-likeness (QED) is 0.558. The molecule has 2 unspecified atom stereocenters. The van der Waals surface area contributed by atoms with Crippen LogP contribution in [0, 0.1) is 12.7 Å². The SMILES string of the molecule is Cc1c(C(C)NC(=O)C(C)NC(=O)c2ccc(Br)s2)cnn1-c1ccc(F)cc1. The second-order valence-electron chi connectivity index (χ2n) is 6.60. The Kier molecular flexibility index (Phi) is 6.49. The summed E-state index contributed by atoms with van der Waals surface area (Å²) in [5.41, 5.74) is 2.41. The number of nitrogens with zero attached hydrogens (tertiary/aromatic N) is 2. The summed E-state index contributed by atoms with van der Waals surface area (Å²) < 4.78 is 15.7. The standard InChI is InChI=1S/C20H20BrFN4O2S/c1-11(16-10-23-26(13(16)3)15-6-4-14(22)5-7-15)24-19(27)12(2)25-20(28)17-8-9-18(21)29-17/h4-12H,1-3H3,(H,24,27)(H,25,28). The minimum absolute atomic E-state index is 0.295. The minimum Gasteiger partial charge on any atom is -0.348 e. The number of hydrogen-bond acceptors (Lipinski definition) is 4. The Labute approximate surface area is 180 Å². The van der Waals surface area contributed by atoms with E-state index in [1.807, 2.05) is 13.8 Å². The van der Waals surface area contributed by atoms with Gasteiger partial charge in [0.15, 0.2) is 0 Å². The molecule has 29 heavy (non-hydrogen) atoms. The van der Waals surface area contributed by atoms with E-state index < -0.39 is 6.04 Å². The molecule has 3 aromatic rings. The van der Waals surface area contributed by atoms with Crippen molar-refractivity contribution >= 4 is 39.1 Å². The first-order valence-electron chi connectivity index (χ1n) is 8.93. The highest BCUT2D eigenvalue weighted by Gasteiger charge is 2.21. The Morgan fingerprint density at radius 3 is 2.45 bits per heavy atom. The number of aromatic nitrogens is 2. The number of carbonyl (C=O) groups excluding carboxylic acids is 2. The molecule has 3 rings (SSSR count). The van der Waals surface area contributed by atoms with Gasteiger partial charge in [-0.25, -0.2) is 9.07 Å². The zero-order valence-electron chi connectivity index (χ0n) is 16.1. The Bertz CT molecular complexity index is 1030. The topological polar surface area (TPSA) is 76.0 Å². The van der Waals surface area contributed by atoms with E-state index in [2.05, 4.69) is 31.7 Å². The molecular weight excluding hydrogens is 459 g/mol. The summed E-state index contributed by atoms with van der Waals surface area (Å²) in [7, 11) is 0. The number of amides is 2. The van der Waals surface area contributed by atoms with Gasteiger partial charge in [0.25, 0.3) is 5.91 Å². The van der Waals surface area contributed by atoms with Crippen LogP contribution in [0.5, 0.6) is 0 Å². The smallest absolute Gasteiger partial charge is 0.262 e. The van der Waals surface area contributed by atoms with Gasteiger partial charge in [-0.05, 0) is 73.1 Å². The average Bonchev–Trinajstić information content (AvgIpc) is 3.28. The summed E-state index contributed by atoms with van der Waals surface area (Å²) in [6, 6.07) is 8.50. The largest absolute Gasteiger partial charge is 0.348 e. The number of halogens is 2. The Balaban J connectivity index is 1.65. The van der Waals surface area contributed by atoms with Crippen LogP contribution in [0.25, 0.3) is 5.69 Å². The Hall–Kier alpha value is -2.52. The summed E-state index contributed by atoms with van der Waals surface area (Å²) in [6.45, 7) is 5.37. The molecule has 0 aliphatic rings. The lowest BCUT2D eigenvalue weighted by Gasteiger charge is -2.18. The number of hydrogen-bond donors (Lipinski definition) is 2. The van der Waals surface area contributed by atoms with E-state index >= 15 is 0 Å². The number of nitrogens with one attached hydrogen (secondary N) is 2. The van der Waals surface area contributed by atoms with Crippen molar-refractivity contribution in [3.63, 3.8) is 0 Å². The first kappa shape index (κ1) is 21.2. The maximum Gasteiger partial charge on any atom is 0.262 e. The van der Waals surface area contributed by atoms with Gasteiger partial charge in [0.05, 0.1) is 26.6 Å². The molecule has 0 radical (unpaired) electrons. The summed E-state index contributed by atoms with van der Waals surface area (Å²) in [6.07, 6.45) is 1.68. The third kappa shape index (κ3) is 4.91. The van der Waals surface area contributed by atoms with Gasteiger partial charge in [0.2, 0.25) is 5.91 Å². The summed E-state index contributed by atoms with van der Waals surface area (Å²) in [5.74, 6) is -0.905. The van der Waals surface area contributed by atoms with E-state index in [9.17, 15) is 14.0 Å². The van der Waals surface area contributed by atoms with Gasteiger partial charge in [-0.1, -0.05) is 0 Å². The number of thiophene rings is 1. The van der Waals surface area contributed by atoms with Crippen LogP contribution in [0.3, 0.4) is 0 Å². The van der Waals surface area contributed by atoms with E-state index in [1.54, 1.807) is 42.1 Å². The van der Waals surface area contributed by atoms with Crippen LogP contribution in [0.15, 0.2) is 46.4 Å². The van der Waals surface area contributed by atoms with Crippen molar-refractivity contribution in [3.05, 3.63) is 68.3 Å². The molecule has 0 bridgehead atoms. The van der Waals surface area contributed by atoms with Crippen LogP contribution in [-0.4, -0.2) is 27.6 Å². The fourth-order valence-corrected chi connectivity index (χ4v) is 4.16. The average molecular weight is 479 g/mol. The van der Waals surface area contributed by atoms with E-state index in [0.717, 1.165) is 20.7 Å². The summed E-state index contributed by atoms with van der Waals surface area (Å²) >= 11 is 4.62. The molecule has 6 nitrogen and oxygen atoms in total. The summed E-state index contributed by atoms with van der Waals surface area (Å²) in [5, 5.41) is 9.95. The van der Waals surface area contributed by atoms with Gasteiger partial charge >= 0.3 is 0 Å². The maximum atomic E-state index is 13.1. The van der Waals surface area contributed by atoms with Crippen molar-refractivity contribution in [1.82, 2.24) is 20.4 Å². The molecule has 2 atom stereocenters. The lowest BCUT2D eigenvalue weighted by atomic mass is 10.1. The third-order valence-electron chi connectivity index (χ3n) is 4.48. The highest BCUT2D eigenvalue weighted by molar-refractivity contribution is 9.11. The predicted molar refractivity (Wildman–Crippen MR) is 114 cm³/mol. The van der Waals surface area contributed by atoms with Crippen LogP contribution in [0.2, 0.25) is 0 Å². The lowest BCUT2D eigenvalue weighted by molar-refractivity contribution is -0.123. The van der Waals surface area contributed by atoms with E-state index in [-0.39, 0.29) is 23.7 Å². The molecule has 0 aliphatic heterocycles. The molecule has 0 fully saturated rings. The van der Waals surface area contributed by atoms with Crippen molar-refractivity contribution in [2.45, 2.75) is 32.9 Å². The van der Waals surface area contributed by atoms with Crippen LogP contribution in [-0.2, 0) is 4.79 Å². The highest BCUT2D eigenvalue weighted by atomic mass is 79.9. The first-order valence-corrected chi connectivity index (χ1v) is 10.5. The zero-order valence-corrected chi connectivity index (χ0v) is 18.5. The molecule has 2 amide bonds. The number of benzene rings is 1. The van der Waals surface area contributed by atoms with Crippen molar-refractivity contribution in [3.8, 4) is 5.69 Å². The predicted octanol–water partition coefficient (Wildman–Crippen LogP) is 4.14. The van der Waals surface area contributed by atoms with Crippen LogP contribution in [0.1, 0.15) is 40.8 Å². The molecule has 2 N–H and O–H groups in total. The Morgan fingerprint density at radius 1 is 1.14 bits per heavy atom. The molecule has 9 heteroatoms. The second-order valence-corrected chi connectivity index (χ2v) is 9.07. The molecule has 0 aliphatic carbocycles. The summed E-state index contributed by atoms with van der Waals surface area (Å²) in [4.78, 5) is 25.3. The van der Waals surface area contributed by atoms with Gasteiger partial charge in [-0.2, -0.15) is 5.10 Å². The van der Waals surface area contributed by atoms with Crippen molar-refractivity contribution < 1.29 is 14.0 Å². The maximum absolute atomic E-state index is 13.1. The normalized spacial score (nSPS) is 13.0. The third-order valence-corrected chi connectivity index (χ3v) is 6.10. The molecule has 0 saturated heterocycles. The second kappa shape index (κ2) is 8.87. The number of rotatable bonds is 6. The van der Waals surface area contributed by atoms with E-state index in [0.29, 0.717) is 4.88 Å². The van der Waals surface area contributed by atoms with Gasteiger partial charge < -0.3 is 10.6 Å². The zero-order chi connectivity index (χ0) is 21.1. The minimum atomic E-state index is -0.696. The molecule has 0 spiro atoms. The molecule has 0 saturated carbocycles. The fourth-order valence-electron chi connectivity index (χ4n) is 2.88. The first-order chi connectivity index (χ1) is 13.8. The van der Waals surface area contributed by atoms with Crippen LogP contribution < -0.4 is 10.6 Å². The lowest BCUT2D eigenvalue weighted by Crippen LogP contribution is -2.45. The highest BCUT2D eigenvalue weighted by Crippen LogP contribution is 2.22. The van der Waals surface area contributed by atoms with Gasteiger partial charge in [0.1, 0.15) is 11.9 Å². The molecule has 2 heterocycles. The van der Waals surface area contributed by atoms with Crippen LogP contribution >= 0.6 is 27.3 Å². The van der Waals surface area contributed by atoms with Gasteiger partial charge in [0, 0.05) is 11.3 Å². The molecule has 2 aromatic heterocycles. The van der Waals surface area contributed by atoms with Crippen molar-refractivity contribution in [2.24, 2.45) is 0 Å². The van der Waals surface area contributed by atoms with Crippen LogP contribution in [0.4, 0.5) is 4.39 Å². The van der Waals surface area contributed by atoms with E-state index in [4.69, 9.17) is 0 Å². The fraction of sp³-hybridized carbons (Fsp3) is 0.250. The number of carbonyl (C=O) groups is 2. The molecule has 152 valence electrons. The molecular formula is C20H20BrFN4O2S. The Morgan fingerprint density at radius 2 is 1.83 bits per heavy atom. The molecule has 1 aromatic carbocycles. The van der Waals surface area contributed by atoms with Crippen molar-refractivity contribution in [2.75, 3.05) is 0 Å². The van der Waals surface area contributed by atoms with Gasteiger partial charge in [-0.15, -0.1) is 11.3 Å². The van der Waals surface area contributed by atoms with E-state index in [1.165, 1.54) is 23.5 Å². The monoisotopic (exact) mass is 478 g/mol.